The third-order valence-electron chi connectivity index (χ3n) is 2.13. The van der Waals surface area contributed by atoms with Crippen LogP contribution in [-0.4, -0.2) is 19.8 Å². The number of halogens is 1. The summed E-state index contributed by atoms with van der Waals surface area (Å²) in [5, 5.41) is 10.3. The summed E-state index contributed by atoms with van der Waals surface area (Å²) in [5.74, 6) is 0. The predicted molar refractivity (Wildman–Crippen MR) is 64.6 cm³/mol. The first-order valence-corrected chi connectivity index (χ1v) is 6.04. The first kappa shape index (κ1) is 9.73. The van der Waals surface area contributed by atoms with Crippen LogP contribution in [0, 0.1) is 0 Å². The van der Waals surface area contributed by atoms with Crippen LogP contribution >= 0.6 is 27.3 Å². The van der Waals surface area contributed by atoms with Gasteiger partial charge in [0.2, 0.25) is 0 Å². The second-order valence-corrected chi connectivity index (χ2v) is 5.61. The van der Waals surface area contributed by atoms with Gasteiger partial charge in [-0.3, -0.25) is 4.79 Å². The molecule has 0 aliphatic heterocycles. The summed E-state index contributed by atoms with van der Waals surface area (Å²) >= 11 is 4.96. The third kappa shape index (κ3) is 1.48. The van der Waals surface area contributed by atoms with Crippen LogP contribution in [0.3, 0.4) is 0 Å². The molecular weight excluding hydrogens is 292 g/mol. The fraction of sp³-hybridized carbons (Fsp3) is 0. The van der Waals surface area contributed by atoms with Crippen LogP contribution < -0.4 is 5.56 Å². The summed E-state index contributed by atoms with van der Waals surface area (Å²) in [6.45, 7) is 0. The van der Waals surface area contributed by atoms with Gasteiger partial charge in [0.1, 0.15) is 17.5 Å². The van der Waals surface area contributed by atoms with E-state index in [2.05, 4.69) is 31.2 Å². The van der Waals surface area contributed by atoms with Gasteiger partial charge >= 0.3 is 0 Å². The summed E-state index contributed by atoms with van der Waals surface area (Å²) in [6.07, 6.45) is 1.48. The molecule has 0 radical (unpaired) electrons. The van der Waals surface area contributed by atoms with Crippen molar-refractivity contribution in [1.82, 2.24) is 19.8 Å². The number of fused-ring (bicyclic) bond motifs is 1. The molecule has 0 aliphatic rings. The van der Waals surface area contributed by atoms with Crippen molar-refractivity contribution in [1.29, 1.82) is 0 Å². The molecule has 3 aromatic heterocycles. The van der Waals surface area contributed by atoms with Crippen LogP contribution in [0.1, 0.15) is 0 Å². The van der Waals surface area contributed by atoms with Gasteiger partial charge in [-0.1, -0.05) is 0 Å². The Morgan fingerprint density at radius 3 is 3.00 bits per heavy atom. The first-order valence-electron chi connectivity index (χ1n) is 4.43. The third-order valence-corrected chi connectivity index (χ3v) is 3.77. The standard InChI is InChI=1S/C9H5BrN4OS/c10-8-2-1-7(16-8)5-3-6-9(15)12-11-4-14(6)13-5/h1-4H,(H,12,15). The topological polar surface area (TPSA) is 63.0 Å². The van der Waals surface area contributed by atoms with E-state index in [1.54, 1.807) is 17.4 Å². The Morgan fingerprint density at radius 1 is 1.44 bits per heavy atom. The maximum atomic E-state index is 11.4. The number of hydrogen-bond acceptors (Lipinski definition) is 4. The van der Waals surface area contributed by atoms with E-state index >= 15 is 0 Å². The van der Waals surface area contributed by atoms with Gasteiger partial charge in [0.25, 0.3) is 5.56 Å². The van der Waals surface area contributed by atoms with Gasteiger partial charge < -0.3 is 0 Å². The second kappa shape index (κ2) is 3.53. The van der Waals surface area contributed by atoms with Crippen LogP contribution in [0.15, 0.2) is 33.1 Å². The summed E-state index contributed by atoms with van der Waals surface area (Å²) < 4.78 is 2.51. The lowest BCUT2D eigenvalue weighted by atomic mass is 10.3. The molecule has 0 spiro atoms. The Hall–Kier alpha value is -1.47. The lowest BCUT2D eigenvalue weighted by molar-refractivity contribution is 0.848. The SMILES string of the molecule is O=c1[nH]ncn2nc(-c3ccc(Br)s3)cc12. The number of hydrogen-bond donors (Lipinski definition) is 1. The molecule has 0 saturated carbocycles. The van der Waals surface area contributed by atoms with Gasteiger partial charge in [0, 0.05) is 0 Å². The first-order chi connectivity index (χ1) is 7.74. The molecule has 80 valence electrons. The highest BCUT2D eigenvalue weighted by Gasteiger charge is 2.08. The number of thiophene rings is 1. The Balaban J connectivity index is 2.26. The smallest absolute Gasteiger partial charge is 0.266 e. The predicted octanol–water partition coefficient (Wildman–Crippen LogP) is 1.91. The highest BCUT2D eigenvalue weighted by atomic mass is 79.9. The molecule has 0 aliphatic carbocycles. The highest BCUT2D eigenvalue weighted by Crippen LogP contribution is 2.30. The zero-order valence-electron chi connectivity index (χ0n) is 7.85. The molecule has 0 aromatic carbocycles. The summed E-state index contributed by atoms with van der Waals surface area (Å²) in [7, 11) is 0. The maximum Gasteiger partial charge on any atom is 0.290 e. The van der Waals surface area contributed by atoms with Crippen molar-refractivity contribution in [3.8, 4) is 10.6 Å². The molecule has 5 nitrogen and oxygen atoms in total. The quantitative estimate of drug-likeness (QED) is 0.746. The summed E-state index contributed by atoms with van der Waals surface area (Å²) in [5.41, 5.74) is 1.03. The van der Waals surface area contributed by atoms with Crippen molar-refractivity contribution in [2.75, 3.05) is 0 Å². The Labute approximate surface area is 102 Å². The molecule has 0 bridgehead atoms. The van der Waals surface area contributed by atoms with Crippen LogP contribution in [0.2, 0.25) is 0 Å². The lowest BCUT2D eigenvalue weighted by Crippen LogP contribution is -2.10. The Morgan fingerprint density at radius 2 is 2.31 bits per heavy atom. The van der Waals surface area contributed by atoms with Crippen molar-refractivity contribution in [2.24, 2.45) is 0 Å². The van der Waals surface area contributed by atoms with Crippen molar-refractivity contribution in [2.45, 2.75) is 0 Å². The number of rotatable bonds is 1. The molecular formula is C9H5BrN4OS. The van der Waals surface area contributed by atoms with E-state index in [-0.39, 0.29) is 5.56 Å². The van der Waals surface area contributed by atoms with Crippen molar-refractivity contribution < 1.29 is 0 Å². The van der Waals surface area contributed by atoms with E-state index in [0.717, 1.165) is 14.4 Å². The second-order valence-electron chi connectivity index (χ2n) is 3.15. The molecule has 3 rings (SSSR count). The minimum Gasteiger partial charge on any atom is -0.266 e. The Bertz CT molecular complexity index is 713. The van der Waals surface area contributed by atoms with E-state index in [1.807, 2.05) is 12.1 Å². The molecule has 1 N–H and O–H groups in total. The van der Waals surface area contributed by atoms with E-state index < -0.39 is 0 Å². The van der Waals surface area contributed by atoms with Gasteiger partial charge in [-0.15, -0.1) is 11.3 Å². The molecule has 16 heavy (non-hydrogen) atoms. The minimum atomic E-state index is -0.239. The van der Waals surface area contributed by atoms with Gasteiger partial charge in [-0.2, -0.15) is 10.2 Å². The fourth-order valence-corrected chi connectivity index (χ4v) is 2.77. The molecule has 3 heterocycles. The number of aromatic amines is 1. The van der Waals surface area contributed by atoms with Gasteiger partial charge in [0.05, 0.1) is 8.66 Å². The molecule has 0 atom stereocenters. The van der Waals surface area contributed by atoms with Crippen molar-refractivity contribution in [3.63, 3.8) is 0 Å². The van der Waals surface area contributed by atoms with Crippen LogP contribution in [0.25, 0.3) is 16.1 Å². The van der Waals surface area contributed by atoms with Crippen molar-refractivity contribution >= 4 is 32.8 Å². The van der Waals surface area contributed by atoms with Crippen LogP contribution in [-0.2, 0) is 0 Å². The summed E-state index contributed by atoms with van der Waals surface area (Å²) in [4.78, 5) is 12.5. The van der Waals surface area contributed by atoms with E-state index in [0.29, 0.717) is 5.52 Å². The van der Waals surface area contributed by atoms with Gasteiger partial charge in [-0.05, 0) is 34.1 Å². The average Bonchev–Trinajstić information content (AvgIpc) is 2.84. The van der Waals surface area contributed by atoms with E-state index in [4.69, 9.17) is 0 Å². The number of nitrogens with zero attached hydrogens (tertiary/aromatic N) is 3. The zero-order chi connectivity index (χ0) is 11.1. The number of aromatic nitrogens is 4. The van der Waals surface area contributed by atoms with E-state index in [9.17, 15) is 4.79 Å². The molecule has 0 fully saturated rings. The zero-order valence-corrected chi connectivity index (χ0v) is 10.2. The maximum absolute atomic E-state index is 11.4. The average molecular weight is 297 g/mol. The Kier molecular flexibility index (Phi) is 2.15. The normalized spacial score (nSPS) is 11.1. The summed E-state index contributed by atoms with van der Waals surface area (Å²) in [6, 6.07) is 5.66. The van der Waals surface area contributed by atoms with Gasteiger partial charge in [0.15, 0.2) is 0 Å². The van der Waals surface area contributed by atoms with Crippen molar-refractivity contribution in [3.05, 3.63) is 38.7 Å². The molecule has 0 unspecified atom stereocenters. The van der Waals surface area contributed by atoms with Crippen LogP contribution in [0.5, 0.6) is 0 Å². The minimum absolute atomic E-state index is 0.239. The largest absolute Gasteiger partial charge is 0.290 e. The molecule has 0 amide bonds. The van der Waals surface area contributed by atoms with Crippen LogP contribution in [0.4, 0.5) is 0 Å². The number of nitrogens with one attached hydrogen (secondary N) is 1. The lowest BCUT2D eigenvalue weighted by Gasteiger charge is -1.87. The highest BCUT2D eigenvalue weighted by molar-refractivity contribution is 9.11. The molecule has 3 aromatic rings. The molecule has 7 heteroatoms. The fourth-order valence-electron chi connectivity index (χ4n) is 1.42. The number of H-pyrrole nitrogens is 1. The monoisotopic (exact) mass is 296 g/mol. The van der Waals surface area contributed by atoms with Gasteiger partial charge in [-0.25, -0.2) is 9.61 Å². The van der Waals surface area contributed by atoms with E-state index in [1.165, 1.54) is 10.8 Å². The molecule has 0 saturated heterocycles.